The third kappa shape index (κ3) is 5.38. The Bertz CT molecular complexity index is 936. The standard InChI is InChI=1S/C20H25ClN2O4S2/c1-14(2)19(15-3-5-16(21)6-4-15)20(24)22-13-17-7-8-18(28-17)29(25,26)23-9-11-27-12-10-23/h3-8,14,19H,9-13H2,1-2H3,(H,22,24)/t19-/m1/s1. The molecule has 29 heavy (non-hydrogen) atoms. The number of rotatable bonds is 7. The quantitative estimate of drug-likeness (QED) is 0.692. The molecule has 3 rings (SSSR count). The Hall–Kier alpha value is -1.45. The van der Waals surface area contributed by atoms with Crippen LogP contribution in [0.5, 0.6) is 0 Å². The van der Waals surface area contributed by atoms with E-state index in [1.165, 1.54) is 15.6 Å². The number of carbonyl (C=O) groups excluding carboxylic acids is 1. The normalized spacial score (nSPS) is 16.7. The molecule has 0 unspecified atom stereocenters. The summed E-state index contributed by atoms with van der Waals surface area (Å²) in [5.41, 5.74) is 0.906. The lowest BCUT2D eigenvalue weighted by Gasteiger charge is -2.25. The SMILES string of the molecule is CC(C)[C@@H](C(=O)NCc1ccc(S(=O)(=O)N2CCOCC2)s1)c1ccc(Cl)cc1. The first-order valence-electron chi connectivity index (χ1n) is 9.49. The maximum atomic E-state index is 12.8. The van der Waals surface area contributed by atoms with Crippen LogP contribution in [0.25, 0.3) is 0 Å². The lowest BCUT2D eigenvalue weighted by Crippen LogP contribution is -2.40. The summed E-state index contributed by atoms with van der Waals surface area (Å²) in [5, 5.41) is 3.58. The highest BCUT2D eigenvalue weighted by Crippen LogP contribution is 2.28. The molecule has 1 aliphatic heterocycles. The maximum absolute atomic E-state index is 12.8. The van der Waals surface area contributed by atoms with Gasteiger partial charge >= 0.3 is 0 Å². The summed E-state index contributed by atoms with van der Waals surface area (Å²) in [7, 11) is -3.51. The molecule has 2 heterocycles. The molecule has 1 fully saturated rings. The van der Waals surface area contributed by atoms with Crippen molar-refractivity contribution in [1.29, 1.82) is 0 Å². The Morgan fingerprint density at radius 3 is 2.45 bits per heavy atom. The molecule has 158 valence electrons. The number of halogens is 1. The number of hydrogen-bond acceptors (Lipinski definition) is 5. The molecule has 1 atom stereocenters. The zero-order valence-corrected chi connectivity index (χ0v) is 18.8. The Labute approximate surface area is 180 Å². The highest BCUT2D eigenvalue weighted by molar-refractivity contribution is 7.91. The van der Waals surface area contributed by atoms with E-state index in [0.717, 1.165) is 10.4 Å². The van der Waals surface area contributed by atoms with Gasteiger partial charge in [-0.15, -0.1) is 11.3 Å². The number of morpholine rings is 1. The lowest BCUT2D eigenvalue weighted by molar-refractivity contribution is -0.123. The van der Waals surface area contributed by atoms with Gasteiger partial charge in [0, 0.05) is 23.0 Å². The molecule has 0 spiro atoms. The molecule has 1 aromatic heterocycles. The first-order valence-corrected chi connectivity index (χ1v) is 12.1. The third-order valence-electron chi connectivity index (χ3n) is 4.82. The number of hydrogen-bond donors (Lipinski definition) is 1. The molecule has 1 amide bonds. The lowest BCUT2D eigenvalue weighted by atomic mass is 9.87. The van der Waals surface area contributed by atoms with Gasteiger partial charge in [0.05, 0.1) is 25.7 Å². The van der Waals surface area contributed by atoms with Gasteiger partial charge in [-0.25, -0.2) is 8.42 Å². The highest BCUT2D eigenvalue weighted by Gasteiger charge is 2.28. The topological polar surface area (TPSA) is 75.7 Å². The van der Waals surface area contributed by atoms with Crippen LogP contribution in [0.15, 0.2) is 40.6 Å². The van der Waals surface area contributed by atoms with E-state index in [1.54, 1.807) is 24.3 Å². The average Bonchev–Trinajstić information content (AvgIpc) is 3.18. The van der Waals surface area contributed by atoms with Gasteiger partial charge in [-0.05, 0) is 35.7 Å². The number of benzene rings is 1. The summed E-state index contributed by atoms with van der Waals surface area (Å²) >= 11 is 7.14. The van der Waals surface area contributed by atoms with Crippen molar-refractivity contribution in [2.24, 2.45) is 5.92 Å². The minimum Gasteiger partial charge on any atom is -0.379 e. The fourth-order valence-electron chi connectivity index (χ4n) is 3.30. The first-order chi connectivity index (χ1) is 13.8. The molecule has 0 radical (unpaired) electrons. The molecular formula is C20H25ClN2O4S2. The van der Waals surface area contributed by atoms with Gasteiger partial charge in [0.2, 0.25) is 5.91 Å². The van der Waals surface area contributed by atoms with Crippen molar-refractivity contribution in [2.45, 2.75) is 30.5 Å². The number of ether oxygens (including phenoxy) is 1. The van der Waals surface area contributed by atoms with E-state index < -0.39 is 10.0 Å². The zero-order valence-electron chi connectivity index (χ0n) is 16.4. The molecule has 2 aromatic rings. The Balaban J connectivity index is 1.66. The van der Waals surface area contributed by atoms with Crippen molar-refractivity contribution >= 4 is 38.9 Å². The minimum atomic E-state index is -3.51. The predicted molar refractivity (Wildman–Crippen MR) is 115 cm³/mol. The van der Waals surface area contributed by atoms with E-state index in [1.807, 2.05) is 26.0 Å². The molecule has 9 heteroatoms. The van der Waals surface area contributed by atoms with Crippen molar-refractivity contribution in [3.8, 4) is 0 Å². The number of carbonyl (C=O) groups is 1. The van der Waals surface area contributed by atoms with Crippen LogP contribution < -0.4 is 5.32 Å². The molecule has 1 saturated heterocycles. The zero-order chi connectivity index (χ0) is 21.0. The number of thiophene rings is 1. The van der Waals surface area contributed by atoms with Crippen LogP contribution in [-0.2, 0) is 26.1 Å². The fourth-order valence-corrected chi connectivity index (χ4v) is 6.28. The number of sulfonamides is 1. The van der Waals surface area contributed by atoms with Gasteiger partial charge in [-0.3, -0.25) is 4.79 Å². The average molecular weight is 457 g/mol. The number of nitrogens with zero attached hydrogens (tertiary/aromatic N) is 1. The highest BCUT2D eigenvalue weighted by atomic mass is 35.5. The summed E-state index contributed by atoms with van der Waals surface area (Å²) < 4.78 is 32.4. The van der Waals surface area contributed by atoms with Gasteiger partial charge in [-0.2, -0.15) is 4.31 Å². The van der Waals surface area contributed by atoms with Gasteiger partial charge in [0.15, 0.2) is 0 Å². The Morgan fingerprint density at radius 1 is 1.17 bits per heavy atom. The number of amides is 1. The second-order valence-electron chi connectivity index (χ2n) is 7.23. The van der Waals surface area contributed by atoms with Crippen LogP contribution >= 0.6 is 22.9 Å². The largest absolute Gasteiger partial charge is 0.379 e. The second-order valence-corrected chi connectivity index (χ2v) is 11.0. The first kappa shape index (κ1) is 22.2. The molecular weight excluding hydrogens is 432 g/mol. The van der Waals surface area contributed by atoms with Crippen molar-refractivity contribution in [1.82, 2.24) is 9.62 Å². The molecule has 6 nitrogen and oxygen atoms in total. The van der Waals surface area contributed by atoms with Crippen molar-refractivity contribution < 1.29 is 17.9 Å². The summed E-state index contributed by atoms with van der Waals surface area (Å²) in [4.78, 5) is 13.6. The van der Waals surface area contributed by atoms with Crippen molar-refractivity contribution in [3.63, 3.8) is 0 Å². The van der Waals surface area contributed by atoms with E-state index in [-0.39, 0.29) is 17.7 Å². The molecule has 0 aliphatic carbocycles. The minimum absolute atomic E-state index is 0.0895. The van der Waals surface area contributed by atoms with E-state index in [4.69, 9.17) is 16.3 Å². The summed E-state index contributed by atoms with van der Waals surface area (Å²) in [6, 6.07) is 10.7. The van der Waals surface area contributed by atoms with E-state index in [2.05, 4.69) is 5.32 Å². The van der Waals surface area contributed by atoms with Crippen LogP contribution in [-0.4, -0.2) is 44.9 Å². The summed E-state index contributed by atoms with van der Waals surface area (Å²) in [6.07, 6.45) is 0. The van der Waals surface area contributed by atoms with Gasteiger partial charge < -0.3 is 10.1 Å². The predicted octanol–water partition coefficient (Wildman–Crippen LogP) is 3.48. The van der Waals surface area contributed by atoms with E-state index >= 15 is 0 Å². The van der Waals surface area contributed by atoms with E-state index in [0.29, 0.717) is 42.1 Å². The van der Waals surface area contributed by atoms with Crippen LogP contribution in [0.2, 0.25) is 5.02 Å². The van der Waals surface area contributed by atoms with Gasteiger partial charge in [0.25, 0.3) is 10.0 Å². The molecule has 1 aliphatic rings. The third-order valence-corrected chi connectivity index (χ3v) is 8.52. The van der Waals surface area contributed by atoms with E-state index in [9.17, 15) is 13.2 Å². The monoisotopic (exact) mass is 456 g/mol. The molecule has 0 bridgehead atoms. The van der Waals surface area contributed by atoms with Crippen LogP contribution in [0.1, 0.15) is 30.2 Å². The fraction of sp³-hybridized carbons (Fsp3) is 0.450. The second kappa shape index (κ2) is 9.57. The van der Waals surface area contributed by atoms with Gasteiger partial charge in [0.1, 0.15) is 4.21 Å². The summed E-state index contributed by atoms with van der Waals surface area (Å²) in [6.45, 7) is 5.84. The van der Waals surface area contributed by atoms with Crippen LogP contribution in [0.4, 0.5) is 0 Å². The molecule has 1 N–H and O–H groups in total. The molecule has 1 aromatic carbocycles. The molecule has 0 saturated carbocycles. The smallest absolute Gasteiger partial charge is 0.252 e. The maximum Gasteiger partial charge on any atom is 0.252 e. The Kier molecular flexibility index (Phi) is 7.34. The van der Waals surface area contributed by atoms with Crippen molar-refractivity contribution in [2.75, 3.05) is 26.3 Å². The van der Waals surface area contributed by atoms with Crippen LogP contribution in [0, 0.1) is 5.92 Å². The summed E-state index contributed by atoms with van der Waals surface area (Å²) in [5.74, 6) is -0.283. The van der Waals surface area contributed by atoms with Gasteiger partial charge in [-0.1, -0.05) is 37.6 Å². The number of nitrogens with one attached hydrogen (secondary N) is 1. The van der Waals surface area contributed by atoms with Crippen LogP contribution in [0.3, 0.4) is 0 Å². The van der Waals surface area contributed by atoms with Crippen molar-refractivity contribution in [3.05, 3.63) is 51.9 Å². The Morgan fingerprint density at radius 2 is 1.83 bits per heavy atom.